The number of halogens is 2. The molecule has 1 aliphatic rings. The Balaban J connectivity index is 1.59. The summed E-state index contributed by atoms with van der Waals surface area (Å²) in [5.74, 6) is 1.41. The highest BCUT2D eigenvalue weighted by atomic mass is 35.5. The Morgan fingerprint density at radius 3 is 2.93 bits per heavy atom. The molecule has 0 spiro atoms. The van der Waals surface area contributed by atoms with Crippen LogP contribution in [0.3, 0.4) is 0 Å². The first kappa shape index (κ1) is 17.7. The lowest BCUT2D eigenvalue weighted by atomic mass is 10.1. The predicted octanol–water partition coefficient (Wildman–Crippen LogP) is 5.82. The maximum atomic E-state index is 9.50. The van der Waals surface area contributed by atoms with Crippen molar-refractivity contribution in [3.05, 3.63) is 63.0 Å². The van der Waals surface area contributed by atoms with Crippen LogP contribution in [0.15, 0.2) is 48.0 Å². The molecule has 0 radical (unpaired) electrons. The summed E-state index contributed by atoms with van der Waals surface area (Å²) in [4.78, 5) is 4.56. The SMILES string of the molecule is N#C/C(=C/Nc1cccc(Cl)c1Cl)c1nc(-c2ccc3c(c2)OCO3)cs1. The molecule has 4 rings (SSSR count). The summed E-state index contributed by atoms with van der Waals surface area (Å²) in [6.45, 7) is 0.222. The van der Waals surface area contributed by atoms with Gasteiger partial charge in [0.15, 0.2) is 11.5 Å². The van der Waals surface area contributed by atoms with Crippen LogP contribution in [0.5, 0.6) is 11.5 Å². The number of nitrogens with zero attached hydrogens (tertiary/aromatic N) is 2. The molecule has 0 saturated carbocycles. The number of fused-ring (bicyclic) bond motifs is 1. The van der Waals surface area contributed by atoms with Crippen molar-refractivity contribution in [2.24, 2.45) is 0 Å². The summed E-state index contributed by atoms with van der Waals surface area (Å²) in [6, 6.07) is 13.0. The van der Waals surface area contributed by atoms with Crippen molar-refractivity contribution in [3.8, 4) is 28.8 Å². The average Bonchev–Trinajstić information content (AvgIpc) is 3.34. The monoisotopic (exact) mass is 415 g/mol. The maximum absolute atomic E-state index is 9.50. The van der Waals surface area contributed by atoms with Crippen LogP contribution in [0.4, 0.5) is 5.69 Å². The van der Waals surface area contributed by atoms with Crippen molar-refractivity contribution in [1.82, 2.24) is 4.98 Å². The quantitative estimate of drug-likeness (QED) is 0.543. The minimum atomic E-state index is 0.222. The van der Waals surface area contributed by atoms with Crippen molar-refractivity contribution in [2.75, 3.05) is 12.1 Å². The highest BCUT2D eigenvalue weighted by Gasteiger charge is 2.16. The van der Waals surface area contributed by atoms with Gasteiger partial charge in [-0.1, -0.05) is 29.3 Å². The fourth-order valence-electron chi connectivity index (χ4n) is 2.49. The number of rotatable bonds is 4. The first-order valence-electron chi connectivity index (χ1n) is 7.82. The van der Waals surface area contributed by atoms with Gasteiger partial charge in [0.2, 0.25) is 6.79 Å². The Kier molecular flexibility index (Phi) is 4.90. The zero-order chi connectivity index (χ0) is 18.8. The van der Waals surface area contributed by atoms with Gasteiger partial charge in [0.1, 0.15) is 16.6 Å². The van der Waals surface area contributed by atoms with Gasteiger partial charge >= 0.3 is 0 Å². The molecule has 0 atom stereocenters. The third kappa shape index (κ3) is 3.58. The van der Waals surface area contributed by atoms with Crippen LogP contribution in [0, 0.1) is 11.3 Å². The molecular formula is C19H11Cl2N3O2S. The number of anilines is 1. The second-order valence-electron chi connectivity index (χ2n) is 5.52. The number of aromatic nitrogens is 1. The van der Waals surface area contributed by atoms with Crippen molar-refractivity contribution in [1.29, 1.82) is 5.26 Å². The normalized spacial score (nSPS) is 12.7. The average molecular weight is 416 g/mol. The largest absolute Gasteiger partial charge is 0.454 e. The van der Waals surface area contributed by atoms with Crippen LogP contribution in [0.1, 0.15) is 5.01 Å². The second kappa shape index (κ2) is 7.49. The Bertz CT molecular complexity index is 1090. The van der Waals surface area contributed by atoms with Gasteiger partial charge in [0.05, 0.1) is 21.4 Å². The summed E-state index contributed by atoms with van der Waals surface area (Å²) in [5, 5.41) is 15.8. The fraction of sp³-hybridized carbons (Fsp3) is 0.0526. The van der Waals surface area contributed by atoms with E-state index in [1.54, 1.807) is 24.4 Å². The molecule has 2 aromatic carbocycles. The molecule has 2 heterocycles. The second-order valence-corrected chi connectivity index (χ2v) is 7.16. The van der Waals surface area contributed by atoms with Gasteiger partial charge in [-0.25, -0.2) is 4.98 Å². The zero-order valence-corrected chi connectivity index (χ0v) is 16.0. The van der Waals surface area contributed by atoms with E-state index in [4.69, 9.17) is 32.7 Å². The zero-order valence-electron chi connectivity index (χ0n) is 13.7. The summed E-state index contributed by atoms with van der Waals surface area (Å²) in [6.07, 6.45) is 1.57. The van der Waals surface area contributed by atoms with E-state index >= 15 is 0 Å². The van der Waals surface area contributed by atoms with Crippen LogP contribution in [-0.4, -0.2) is 11.8 Å². The van der Waals surface area contributed by atoms with Crippen LogP contribution in [0.25, 0.3) is 16.8 Å². The summed E-state index contributed by atoms with van der Waals surface area (Å²) < 4.78 is 10.7. The fourth-order valence-corrected chi connectivity index (χ4v) is 3.64. The molecule has 0 saturated heterocycles. The van der Waals surface area contributed by atoms with E-state index in [-0.39, 0.29) is 6.79 Å². The standard InChI is InChI=1S/C19H11Cl2N3O2S/c20-13-2-1-3-14(18(13)21)23-8-12(7-22)19-24-15(9-27-19)11-4-5-16-17(6-11)26-10-25-16/h1-6,8-9,23H,10H2/b12-8-. The number of hydrogen-bond donors (Lipinski definition) is 1. The summed E-state index contributed by atoms with van der Waals surface area (Å²) in [7, 11) is 0. The number of hydrogen-bond acceptors (Lipinski definition) is 6. The molecule has 1 N–H and O–H groups in total. The molecule has 8 heteroatoms. The first-order chi connectivity index (χ1) is 13.2. The van der Waals surface area contributed by atoms with Gasteiger partial charge in [-0.2, -0.15) is 5.26 Å². The molecule has 0 fully saturated rings. The van der Waals surface area contributed by atoms with E-state index in [0.717, 1.165) is 17.0 Å². The van der Waals surface area contributed by atoms with Gasteiger partial charge in [-0.3, -0.25) is 0 Å². The molecule has 134 valence electrons. The van der Waals surface area contributed by atoms with Gasteiger partial charge in [0.25, 0.3) is 0 Å². The predicted molar refractivity (Wildman–Crippen MR) is 107 cm³/mol. The van der Waals surface area contributed by atoms with E-state index in [1.165, 1.54) is 11.3 Å². The van der Waals surface area contributed by atoms with E-state index in [1.807, 2.05) is 23.6 Å². The van der Waals surface area contributed by atoms with E-state index < -0.39 is 0 Å². The number of nitriles is 1. The van der Waals surface area contributed by atoms with E-state index in [0.29, 0.717) is 32.1 Å². The summed E-state index contributed by atoms with van der Waals surface area (Å²) >= 11 is 13.5. The van der Waals surface area contributed by atoms with Crippen molar-refractivity contribution < 1.29 is 9.47 Å². The van der Waals surface area contributed by atoms with E-state index in [2.05, 4.69) is 16.4 Å². The lowest BCUT2D eigenvalue weighted by Gasteiger charge is -2.05. The molecule has 1 aliphatic heterocycles. The van der Waals surface area contributed by atoms with Crippen molar-refractivity contribution in [3.63, 3.8) is 0 Å². The lowest BCUT2D eigenvalue weighted by Crippen LogP contribution is -1.93. The first-order valence-corrected chi connectivity index (χ1v) is 9.46. The van der Waals surface area contributed by atoms with Gasteiger partial charge in [0, 0.05) is 17.1 Å². The topological polar surface area (TPSA) is 67.2 Å². The Morgan fingerprint density at radius 1 is 1.22 bits per heavy atom. The Morgan fingerprint density at radius 2 is 2.07 bits per heavy atom. The lowest BCUT2D eigenvalue weighted by molar-refractivity contribution is 0.174. The van der Waals surface area contributed by atoms with Crippen molar-refractivity contribution in [2.45, 2.75) is 0 Å². The maximum Gasteiger partial charge on any atom is 0.231 e. The van der Waals surface area contributed by atoms with Crippen LogP contribution >= 0.6 is 34.5 Å². The molecule has 0 unspecified atom stereocenters. The Hall–Kier alpha value is -2.72. The van der Waals surface area contributed by atoms with Crippen molar-refractivity contribution >= 4 is 45.8 Å². The molecule has 0 amide bonds. The molecular weight excluding hydrogens is 405 g/mol. The number of nitrogens with one attached hydrogen (secondary N) is 1. The van der Waals surface area contributed by atoms with Gasteiger partial charge in [-0.15, -0.1) is 11.3 Å². The molecule has 1 aromatic heterocycles. The number of benzene rings is 2. The number of ether oxygens (including phenoxy) is 2. The third-order valence-electron chi connectivity index (χ3n) is 3.85. The van der Waals surface area contributed by atoms with E-state index in [9.17, 15) is 5.26 Å². The van der Waals surface area contributed by atoms with Crippen LogP contribution < -0.4 is 14.8 Å². The minimum Gasteiger partial charge on any atom is -0.454 e. The molecule has 0 aliphatic carbocycles. The smallest absolute Gasteiger partial charge is 0.231 e. The number of thiazole rings is 1. The van der Waals surface area contributed by atoms with Gasteiger partial charge in [-0.05, 0) is 30.3 Å². The molecule has 27 heavy (non-hydrogen) atoms. The van der Waals surface area contributed by atoms with Gasteiger partial charge < -0.3 is 14.8 Å². The highest BCUT2D eigenvalue weighted by molar-refractivity contribution is 7.11. The van der Waals surface area contributed by atoms with Crippen LogP contribution in [-0.2, 0) is 0 Å². The summed E-state index contributed by atoms with van der Waals surface area (Å²) in [5.41, 5.74) is 2.66. The Labute approximate surface area is 169 Å². The highest BCUT2D eigenvalue weighted by Crippen LogP contribution is 2.36. The molecule has 3 aromatic rings. The minimum absolute atomic E-state index is 0.222. The molecule has 0 bridgehead atoms. The van der Waals surface area contributed by atoms with Crippen LogP contribution in [0.2, 0.25) is 10.0 Å². The molecule has 5 nitrogen and oxygen atoms in total. The third-order valence-corrected chi connectivity index (χ3v) is 5.54. The number of allylic oxidation sites excluding steroid dienone is 1.